The van der Waals surface area contributed by atoms with Crippen molar-refractivity contribution in [3.8, 4) is 11.4 Å². The largest absolute Gasteiger partial charge is 0.380 e. The maximum atomic E-state index is 13.2. The maximum absolute atomic E-state index is 13.2. The Balaban J connectivity index is 2.52. The van der Waals surface area contributed by atoms with Crippen LogP contribution in [-0.4, -0.2) is 20.4 Å². The van der Waals surface area contributed by atoms with Gasteiger partial charge in [-0.3, -0.25) is 10.2 Å². The van der Waals surface area contributed by atoms with Gasteiger partial charge in [-0.2, -0.15) is 10.2 Å². The Bertz CT molecular complexity index is 430. The zero-order valence-corrected chi connectivity index (χ0v) is 6.93. The third-order valence-corrected chi connectivity index (χ3v) is 1.69. The summed E-state index contributed by atoms with van der Waals surface area (Å²) in [6, 6.07) is 1.70. The Hall–Kier alpha value is -1.85. The summed E-state index contributed by atoms with van der Waals surface area (Å²) >= 11 is 0. The molecule has 4 N–H and O–H groups in total. The summed E-state index contributed by atoms with van der Waals surface area (Å²) in [5.41, 5.74) is 6.76. The Morgan fingerprint density at radius 1 is 1.38 bits per heavy atom. The van der Waals surface area contributed by atoms with Gasteiger partial charge >= 0.3 is 0 Å². The topological polar surface area (TPSA) is 83.4 Å². The van der Waals surface area contributed by atoms with Crippen molar-refractivity contribution in [3.05, 3.63) is 17.6 Å². The lowest BCUT2D eigenvalue weighted by Gasteiger charge is -1.88. The number of nitrogens with zero attached hydrogens (tertiary/aromatic N) is 2. The third-order valence-electron chi connectivity index (χ3n) is 1.69. The van der Waals surface area contributed by atoms with Crippen molar-refractivity contribution < 1.29 is 4.39 Å². The van der Waals surface area contributed by atoms with E-state index in [-0.39, 0.29) is 11.5 Å². The van der Waals surface area contributed by atoms with E-state index in [1.807, 2.05) is 6.92 Å². The van der Waals surface area contributed by atoms with Gasteiger partial charge < -0.3 is 5.73 Å². The Morgan fingerprint density at radius 2 is 2.15 bits per heavy atom. The molecule has 0 saturated carbocycles. The molecule has 0 bridgehead atoms. The molecule has 0 atom stereocenters. The second kappa shape index (κ2) is 2.58. The van der Waals surface area contributed by atoms with Crippen LogP contribution < -0.4 is 5.73 Å². The zero-order valence-electron chi connectivity index (χ0n) is 6.93. The molecule has 13 heavy (non-hydrogen) atoms. The third kappa shape index (κ3) is 1.16. The van der Waals surface area contributed by atoms with Crippen LogP contribution in [0.5, 0.6) is 0 Å². The van der Waals surface area contributed by atoms with Crippen molar-refractivity contribution in [2.75, 3.05) is 5.73 Å². The molecule has 0 aliphatic carbocycles. The van der Waals surface area contributed by atoms with Gasteiger partial charge in [0.05, 0.1) is 0 Å². The summed E-state index contributed by atoms with van der Waals surface area (Å²) in [6.07, 6.45) is 0. The summed E-state index contributed by atoms with van der Waals surface area (Å²) in [5, 5.41) is 12.6. The highest BCUT2D eigenvalue weighted by atomic mass is 19.1. The summed E-state index contributed by atoms with van der Waals surface area (Å²) in [7, 11) is 0. The minimum absolute atomic E-state index is 0.143. The van der Waals surface area contributed by atoms with Crippen molar-refractivity contribution in [2.24, 2.45) is 0 Å². The van der Waals surface area contributed by atoms with Crippen LogP contribution in [0.25, 0.3) is 11.4 Å². The normalized spacial score (nSPS) is 10.6. The van der Waals surface area contributed by atoms with Crippen molar-refractivity contribution >= 4 is 5.82 Å². The first-order valence-electron chi connectivity index (χ1n) is 3.70. The molecule has 0 aliphatic heterocycles. The van der Waals surface area contributed by atoms with Gasteiger partial charge in [-0.05, 0) is 13.0 Å². The van der Waals surface area contributed by atoms with Crippen LogP contribution in [0.2, 0.25) is 0 Å². The average Bonchev–Trinajstić information content (AvgIpc) is 2.62. The van der Waals surface area contributed by atoms with Crippen LogP contribution in [-0.2, 0) is 0 Å². The molecular formula is C7H8FN5. The molecule has 0 fully saturated rings. The standard InChI is InChI=1S/C7H8FN5/c1-3-2-4(11-10-3)6-5(8)7(9)13-12-6/h2H,1H3,(H,10,11)(H3,9,12,13). The van der Waals surface area contributed by atoms with Gasteiger partial charge in [-0.25, -0.2) is 4.39 Å². The van der Waals surface area contributed by atoms with Gasteiger partial charge in [0, 0.05) is 5.69 Å². The van der Waals surface area contributed by atoms with Crippen LogP contribution in [0.1, 0.15) is 5.69 Å². The summed E-state index contributed by atoms with van der Waals surface area (Å²) in [5.74, 6) is -0.706. The summed E-state index contributed by atoms with van der Waals surface area (Å²) in [6.45, 7) is 1.83. The van der Waals surface area contributed by atoms with Crippen molar-refractivity contribution in [2.45, 2.75) is 6.92 Å². The number of anilines is 1. The first kappa shape index (κ1) is 7.78. The van der Waals surface area contributed by atoms with E-state index in [9.17, 15) is 4.39 Å². The van der Waals surface area contributed by atoms with Crippen LogP contribution >= 0.6 is 0 Å². The molecule has 0 saturated heterocycles. The number of aromatic amines is 2. The Labute approximate surface area is 73.2 Å². The number of halogens is 1. The van der Waals surface area contributed by atoms with Gasteiger partial charge in [-0.1, -0.05) is 0 Å². The second-order valence-corrected chi connectivity index (χ2v) is 2.73. The number of nitrogens with two attached hydrogens (primary N) is 1. The monoisotopic (exact) mass is 181 g/mol. The van der Waals surface area contributed by atoms with Gasteiger partial charge in [0.2, 0.25) is 0 Å². The van der Waals surface area contributed by atoms with E-state index in [1.54, 1.807) is 6.07 Å². The van der Waals surface area contributed by atoms with E-state index in [1.165, 1.54) is 0 Å². The predicted octanol–water partition coefficient (Wildman–Crippen LogP) is 0.830. The number of aryl methyl sites for hydroxylation is 1. The second-order valence-electron chi connectivity index (χ2n) is 2.73. The van der Waals surface area contributed by atoms with Gasteiger partial charge in [-0.15, -0.1) is 0 Å². The van der Waals surface area contributed by atoms with E-state index in [2.05, 4.69) is 20.4 Å². The molecule has 0 unspecified atom stereocenters. The first-order valence-corrected chi connectivity index (χ1v) is 3.70. The Morgan fingerprint density at radius 3 is 2.62 bits per heavy atom. The molecule has 2 aromatic rings. The molecule has 2 rings (SSSR count). The van der Waals surface area contributed by atoms with Gasteiger partial charge in [0.25, 0.3) is 0 Å². The SMILES string of the molecule is Cc1cc(-c2[nH]nc(N)c2F)n[nH]1. The number of hydrogen-bond acceptors (Lipinski definition) is 3. The molecule has 0 aliphatic rings. The number of H-pyrrole nitrogens is 2. The lowest BCUT2D eigenvalue weighted by molar-refractivity contribution is 0.636. The Kier molecular flexibility index (Phi) is 1.54. The van der Waals surface area contributed by atoms with Crippen LogP contribution in [0.15, 0.2) is 6.07 Å². The summed E-state index contributed by atoms with van der Waals surface area (Å²) < 4.78 is 13.2. The lowest BCUT2D eigenvalue weighted by atomic mass is 10.3. The van der Waals surface area contributed by atoms with Crippen LogP contribution in [0, 0.1) is 12.7 Å². The van der Waals surface area contributed by atoms with Gasteiger partial charge in [0.1, 0.15) is 11.4 Å². The fourth-order valence-corrected chi connectivity index (χ4v) is 1.06. The number of rotatable bonds is 1. The molecule has 0 amide bonds. The summed E-state index contributed by atoms with van der Waals surface area (Å²) in [4.78, 5) is 0. The number of hydrogen-bond donors (Lipinski definition) is 3. The lowest BCUT2D eigenvalue weighted by Crippen LogP contribution is -1.87. The number of nitrogens with one attached hydrogen (secondary N) is 2. The molecule has 0 aromatic carbocycles. The van der Waals surface area contributed by atoms with E-state index < -0.39 is 5.82 Å². The molecule has 5 nitrogen and oxygen atoms in total. The smallest absolute Gasteiger partial charge is 0.194 e. The zero-order chi connectivity index (χ0) is 9.42. The fraction of sp³-hybridized carbons (Fsp3) is 0.143. The highest BCUT2D eigenvalue weighted by molar-refractivity contribution is 5.59. The maximum Gasteiger partial charge on any atom is 0.194 e. The highest BCUT2D eigenvalue weighted by Gasteiger charge is 2.13. The highest BCUT2D eigenvalue weighted by Crippen LogP contribution is 2.21. The quantitative estimate of drug-likeness (QED) is 0.609. The molecular weight excluding hydrogens is 173 g/mol. The minimum atomic E-state index is -0.563. The molecule has 6 heteroatoms. The number of nitrogen functional groups attached to an aromatic ring is 1. The first-order chi connectivity index (χ1) is 6.18. The molecule has 2 heterocycles. The van der Waals surface area contributed by atoms with Crippen molar-refractivity contribution in [1.82, 2.24) is 20.4 Å². The molecule has 0 radical (unpaired) electrons. The molecule has 0 spiro atoms. The molecule has 2 aromatic heterocycles. The average molecular weight is 181 g/mol. The van der Waals surface area contributed by atoms with Gasteiger partial charge in [0.15, 0.2) is 11.6 Å². The van der Waals surface area contributed by atoms with E-state index in [4.69, 9.17) is 5.73 Å². The van der Waals surface area contributed by atoms with Crippen LogP contribution in [0.4, 0.5) is 10.2 Å². The number of aromatic nitrogens is 4. The van der Waals surface area contributed by atoms with E-state index in [0.717, 1.165) is 5.69 Å². The predicted molar refractivity (Wildman–Crippen MR) is 45.3 cm³/mol. The minimum Gasteiger partial charge on any atom is -0.380 e. The molecule has 68 valence electrons. The fourth-order valence-electron chi connectivity index (χ4n) is 1.06. The van der Waals surface area contributed by atoms with Crippen molar-refractivity contribution in [1.29, 1.82) is 0 Å². The van der Waals surface area contributed by atoms with E-state index in [0.29, 0.717) is 5.69 Å². The van der Waals surface area contributed by atoms with Crippen LogP contribution in [0.3, 0.4) is 0 Å². The van der Waals surface area contributed by atoms with Crippen molar-refractivity contribution in [3.63, 3.8) is 0 Å². The van der Waals surface area contributed by atoms with E-state index >= 15 is 0 Å².